The lowest BCUT2D eigenvalue weighted by Crippen LogP contribution is -2.15. The van der Waals surface area contributed by atoms with Crippen molar-refractivity contribution in [3.05, 3.63) is 35.5 Å². The first-order valence-corrected chi connectivity index (χ1v) is 7.34. The average molecular weight is 228 g/mol. The summed E-state index contributed by atoms with van der Waals surface area (Å²) in [6.07, 6.45) is 14.5. The number of allylic oxidation sites excluding steroid dienone is 5. The molecule has 3 aliphatic rings. The van der Waals surface area contributed by atoms with Gasteiger partial charge in [0.25, 0.3) is 0 Å². The second-order valence-electron chi connectivity index (χ2n) is 6.18. The van der Waals surface area contributed by atoms with Crippen molar-refractivity contribution >= 4 is 0 Å². The molecule has 0 N–H and O–H groups in total. The van der Waals surface area contributed by atoms with Crippen LogP contribution >= 0.6 is 0 Å². The molecular formula is C17H24. The van der Waals surface area contributed by atoms with Crippen LogP contribution in [0.1, 0.15) is 51.9 Å². The summed E-state index contributed by atoms with van der Waals surface area (Å²) in [5.41, 5.74) is 4.78. The first-order valence-electron chi connectivity index (χ1n) is 7.34. The molecule has 3 unspecified atom stereocenters. The van der Waals surface area contributed by atoms with Crippen molar-refractivity contribution < 1.29 is 0 Å². The van der Waals surface area contributed by atoms with Gasteiger partial charge in [0.2, 0.25) is 0 Å². The Morgan fingerprint density at radius 2 is 2.12 bits per heavy atom. The van der Waals surface area contributed by atoms with Gasteiger partial charge in [-0.15, -0.1) is 0 Å². The van der Waals surface area contributed by atoms with Gasteiger partial charge < -0.3 is 0 Å². The molecule has 2 saturated carbocycles. The van der Waals surface area contributed by atoms with E-state index in [1.165, 1.54) is 50.5 Å². The molecule has 0 aromatic carbocycles. The molecule has 0 aromatic heterocycles. The fraction of sp³-hybridized carbons (Fsp3) is 0.647. The molecule has 0 heterocycles. The summed E-state index contributed by atoms with van der Waals surface area (Å²) in [4.78, 5) is 0. The summed E-state index contributed by atoms with van der Waals surface area (Å²) in [5, 5.41) is 0. The van der Waals surface area contributed by atoms with Crippen molar-refractivity contribution in [2.75, 3.05) is 0 Å². The topological polar surface area (TPSA) is 0 Å². The van der Waals surface area contributed by atoms with Gasteiger partial charge in [-0.25, -0.2) is 0 Å². The highest BCUT2D eigenvalue weighted by atomic mass is 14.4. The standard InChI is InChI=1S/C17H24/c1-12-5-3-4-6-15(12)11-13(2)16-9-7-14-8-10-17(14)16/h10-11,13-14,16H,1,3-9H2,2H3/b15-11+. The van der Waals surface area contributed by atoms with Gasteiger partial charge in [0.15, 0.2) is 0 Å². The third kappa shape index (κ3) is 2.03. The molecule has 0 aromatic rings. The maximum atomic E-state index is 4.24. The zero-order chi connectivity index (χ0) is 11.8. The summed E-state index contributed by atoms with van der Waals surface area (Å²) < 4.78 is 0. The molecule has 0 bridgehead atoms. The molecule has 0 heteroatoms. The summed E-state index contributed by atoms with van der Waals surface area (Å²) in [5.74, 6) is 2.56. The van der Waals surface area contributed by atoms with Crippen LogP contribution in [-0.2, 0) is 0 Å². The van der Waals surface area contributed by atoms with Gasteiger partial charge in [0.05, 0.1) is 0 Å². The predicted octanol–water partition coefficient (Wildman–Crippen LogP) is 5.04. The quantitative estimate of drug-likeness (QED) is 0.581. The van der Waals surface area contributed by atoms with Crippen LogP contribution in [-0.4, -0.2) is 0 Å². The van der Waals surface area contributed by atoms with E-state index in [1.807, 2.05) is 0 Å². The minimum Gasteiger partial charge on any atom is -0.0956 e. The number of fused-ring (bicyclic) bond motifs is 1. The molecule has 3 aliphatic carbocycles. The van der Waals surface area contributed by atoms with E-state index in [1.54, 1.807) is 11.1 Å². The molecular weight excluding hydrogens is 204 g/mol. The van der Waals surface area contributed by atoms with Gasteiger partial charge in [-0.2, -0.15) is 0 Å². The zero-order valence-corrected chi connectivity index (χ0v) is 11.0. The molecule has 3 rings (SSSR count). The van der Waals surface area contributed by atoms with Gasteiger partial charge >= 0.3 is 0 Å². The van der Waals surface area contributed by atoms with E-state index < -0.39 is 0 Å². The van der Waals surface area contributed by atoms with E-state index in [9.17, 15) is 0 Å². The van der Waals surface area contributed by atoms with E-state index in [2.05, 4.69) is 25.7 Å². The third-order valence-electron chi connectivity index (χ3n) is 5.09. The average Bonchev–Trinajstić information content (AvgIpc) is 2.57. The number of hydrogen-bond acceptors (Lipinski definition) is 0. The van der Waals surface area contributed by atoms with Crippen molar-refractivity contribution in [1.29, 1.82) is 0 Å². The molecule has 0 saturated heterocycles. The molecule has 0 radical (unpaired) electrons. The lowest BCUT2D eigenvalue weighted by atomic mass is 9.78. The van der Waals surface area contributed by atoms with Crippen molar-refractivity contribution in [2.24, 2.45) is 17.8 Å². The van der Waals surface area contributed by atoms with E-state index in [4.69, 9.17) is 0 Å². The lowest BCUT2D eigenvalue weighted by Gasteiger charge is -2.27. The second kappa shape index (κ2) is 4.48. The zero-order valence-electron chi connectivity index (χ0n) is 11.0. The highest BCUT2D eigenvalue weighted by Gasteiger charge is 2.36. The van der Waals surface area contributed by atoms with Crippen molar-refractivity contribution in [2.45, 2.75) is 51.9 Å². The van der Waals surface area contributed by atoms with Crippen LogP contribution in [0.25, 0.3) is 0 Å². The first kappa shape index (κ1) is 11.3. The van der Waals surface area contributed by atoms with Crippen LogP contribution in [0.2, 0.25) is 0 Å². The van der Waals surface area contributed by atoms with Crippen molar-refractivity contribution in [3.8, 4) is 0 Å². The first-order chi connectivity index (χ1) is 8.25. The molecule has 0 spiro atoms. The summed E-state index contributed by atoms with van der Waals surface area (Å²) in [6.45, 7) is 6.66. The molecule has 17 heavy (non-hydrogen) atoms. The normalized spacial score (nSPS) is 36.4. The monoisotopic (exact) mass is 228 g/mol. The molecule has 3 atom stereocenters. The Hall–Kier alpha value is -0.780. The summed E-state index contributed by atoms with van der Waals surface area (Å²) >= 11 is 0. The Kier molecular flexibility index (Phi) is 2.98. The van der Waals surface area contributed by atoms with Gasteiger partial charge in [0, 0.05) is 0 Å². The molecule has 92 valence electrons. The molecule has 0 amide bonds. The van der Waals surface area contributed by atoms with Crippen LogP contribution < -0.4 is 0 Å². The molecule has 0 aliphatic heterocycles. The molecule has 0 nitrogen and oxygen atoms in total. The highest BCUT2D eigenvalue weighted by molar-refractivity contribution is 5.33. The second-order valence-corrected chi connectivity index (χ2v) is 6.18. The lowest BCUT2D eigenvalue weighted by molar-refractivity contribution is 0.483. The maximum absolute atomic E-state index is 4.24. The molecule has 2 fully saturated rings. The highest BCUT2D eigenvalue weighted by Crippen LogP contribution is 2.49. The van der Waals surface area contributed by atoms with E-state index in [0.29, 0.717) is 0 Å². The smallest absolute Gasteiger partial charge is 0.0140 e. The third-order valence-corrected chi connectivity index (χ3v) is 5.09. The Labute approximate surface area is 105 Å². The van der Waals surface area contributed by atoms with Crippen molar-refractivity contribution in [3.63, 3.8) is 0 Å². The van der Waals surface area contributed by atoms with Gasteiger partial charge in [-0.05, 0) is 68.3 Å². The fourth-order valence-corrected chi connectivity index (χ4v) is 3.90. The van der Waals surface area contributed by atoms with E-state index in [0.717, 1.165) is 17.8 Å². The summed E-state index contributed by atoms with van der Waals surface area (Å²) in [7, 11) is 0. The van der Waals surface area contributed by atoms with Crippen LogP contribution in [0.3, 0.4) is 0 Å². The number of hydrogen-bond donors (Lipinski definition) is 0. The van der Waals surface area contributed by atoms with Crippen LogP contribution in [0.5, 0.6) is 0 Å². The van der Waals surface area contributed by atoms with Crippen LogP contribution in [0, 0.1) is 17.8 Å². The maximum Gasteiger partial charge on any atom is -0.0140 e. The van der Waals surface area contributed by atoms with Crippen LogP contribution in [0.15, 0.2) is 35.5 Å². The Balaban J connectivity index is 1.72. The Bertz CT molecular complexity index is 383. The summed E-state index contributed by atoms with van der Waals surface area (Å²) in [6, 6.07) is 0. The van der Waals surface area contributed by atoms with Gasteiger partial charge in [0.1, 0.15) is 0 Å². The fourth-order valence-electron chi connectivity index (χ4n) is 3.90. The number of rotatable bonds is 2. The minimum absolute atomic E-state index is 0.733. The van der Waals surface area contributed by atoms with E-state index in [-0.39, 0.29) is 0 Å². The van der Waals surface area contributed by atoms with E-state index >= 15 is 0 Å². The van der Waals surface area contributed by atoms with Crippen molar-refractivity contribution in [1.82, 2.24) is 0 Å². The largest absolute Gasteiger partial charge is 0.0956 e. The SMILES string of the molecule is C=C1CCCC/C1=C\C(C)C1CCC2CC=C21. The Morgan fingerprint density at radius 3 is 2.76 bits per heavy atom. The minimum atomic E-state index is 0.733. The van der Waals surface area contributed by atoms with Gasteiger partial charge in [-0.1, -0.05) is 36.8 Å². The van der Waals surface area contributed by atoms with Crippen LogP contribution in [0.4, 0.5) is 0 Å². The Morgan fingerprint density at radius 1 is 1.29 bits per heavy atom. The predicted molar refractivity (Wildman–Crippen MR) is 73.8 cm³/mol. The van der Waals surface area contributed by atoms with Gasteiger partial charge in [-0.3, -0.25) is 0 Å².